The molecule has 110 valence electrons. The Kier molecular flexibility index (Phi) is 5.34. The van der Waals surface area contributed by atoms with E-state index in [1.807, 2.05) is 6.92 Å². The van der Waals surface area contributed by atoms with Gasteiger partial charge in [-0.05, 0) is 13.3 Å². The van der Waals surface area contributed by atoms with Crippen LogP contribution in [-0.2, 0) is 19.4 Å². The molecule has 6 nitrogen and oxygen atoms in total. The highest BCUT2D eigenvalue weighted by atomic mass is 32.2. The average Bonchev–Trinajstić information content (AvgIpc) is 2.38. The zero-order chi connectivity index (χ0) is 14.6. The largest absolute Gasteiger partial charge is 0.344 e. The Labute approximate surface area is 114 Å². The first-order chi connectivity index (χ1) is 8.74. The van der Waals surface area contributed by atoms with Gasteiger partial charge < -0.3 is 10.2 Å². The molecule has 2 amide bonds. The van der Waals surface area contributed by atoms with Crippen molar-refractivity contribution in [3.8, 4) is 0 Å². The van der Waals surface area contributed by atoms with Gasteiger partial charge in [0.1, 0.15) is 15.9 Å². The number of rotatable bonds is 5. The maximum absolute atomic E-state index is 12.3. The fourth-order valence-electron chi connectivity index (χ4n) is 2.31. The van der Waals surface area contributed by atoms with E-state index >= 15 is 0 Å². The van der Waals surface area contributed by atoms with Crippen molar-refractivity contribution in [1.29, 1.82) is 0 Å². The van der Waals surface area contributed by atoms with Gasteiger partial charge in [0.15, 0.2) is 0 Å². The molecule has 0 saturated carbocycles. The van der Waals surface area contributed by atoms with Crippen LogP contribution >= 0.6 is 0 Å². The highest BCUT2D eigenvalue weighted by molar-refractivity contribution is 7.90. The topological polar surface area (TPSA) is 83.6 Å². The monoisotopic (exact) mass is 290 g/mol. The second-order valence-electron chi connectivity index (χ2n) is 5.13. The first kappa shape index (κ1) is 15.9. The fourth-order valence-corrected chi connectivity index (χ4v) is 3.37. The molecule has 19 heavy (non-hydrogen) atoms. The second kappa shape index (κ2) is 6.36. The van der Waals surface area contributed by atoms with Crippen LogP contribution in [0, 0.1) is 0 Å². The number of nitrogens with one attached hydrogen (secondary N) is 1. The van der Waals surface area contributed by atoms with Gasteiger partial charge in [-0.15, -0.1) is 0 Å². The predicted molar refractivity (Wildman–Crippen MR) is 72.3 cm³/mol. The quantitative estimate of drug-likeness (QED) is 0.768. The van der Waals surface area contributed by atoms with Gasteiger partial charge in [0, 0.05) is 25.3 Å². The maximum Gasteiger partial charge on any atom is 0.245 e. The van der Waals surface area contributed by atoms with Gasteiger partial charge in [0.05, 0.1) is 5.75 Å². The van der Waals surface area contributed by atoms with Crippen LogP contribution in [0.1, 0.15) is 33.1 Å². The number of carbonyl (C=O) groups is 2. The molecular formula is C12H22N2O4S. The Bertz CT molecular complexity index is 447. The zero-order valence-electron chi connectivity index (χ0n) is 11.7. The minimum Gasteiger partial charge on any atom is -0.344 e. The summed E-state index contributed by atoms with van der Waals surface area (Å²) in [5.41, 5.74) is 0. The van der Waals surface area contributed by atoms with Gasteiger partial charge in [-0.25, -0.2) is 8.42 Å². The molecule has 0 aliphatic carbocycles. The van der Waals surface area contributed by atoms with Crippen LogP contribution in [0.3, 0.4) is 0 Å². The lowest BCUT2D eigenvalue weighted by atomic mass is 10.1. The van der Waals surface area contributed by atoms with Gasteiger partial charge in [0.25, 0.3) is 0 Å². The van der Waals surface area contributed by atoms with E-state index in [-0.39, 0.29) is 30.5 Å². The van der Waals surface area contributed by atoms with Crippen molar-refractivity contribution >= 4 is 21.7 Å². The highest BCUT2D eigenvalue weighted by Crippen LogP contribution is 2.12. The van der Waals surface area contributed by atoms with Gasteiger partial charge in [0.2, 0.25) is 11.8 Å². The molecule has 0 bridgehead atoms. The van der Waals surface area contributed by atoms with E-state index in [4.69, 9.17) is 0 Å². The van der Waals surface area contributed by atoms with Crippen molar-refractivity contribution in [2.24, 2.45) is 0 Å². The van der Waals surface area contributed by atoms with Crippen molar-refractivity contribution < 1.29 is 18.0 Å². The third kappa shape index (κ3) is 4.81. The molecule has 1 aliphatic rings. The van der Waals surface area contributed by atoms with E-state index in [0.717, 1.165) is 12.7 Å². The Morgan fingerprint density at radius 2 is 2.05 bits per heavy atom. The zero-order valence-corrected chi connectivity index (χ0v) is 12.5. The maximum atomic E-state index is 12.3. The van der Waals surface area contributed by atoms with Crippen LogP contribution in [0.5, 0.6) is 0 Å². The minimum absolute atomic E-state index is 0.0776. The van der Waals surface area contributed by atoms with Crippen molar-refractivity contribution in [1.82, 2.24) is 10.2 Å². The van der Waals surface area contributed by atoms with E-state index < -0.39 is 21.9 Å². The van der Waals surface area contributed by atoms with Crippen LogP contribution < -0.4 is 5.32 Å². The summed E-state index contributed by atoms with van der Waals surface area (Å²) >= 11 is 0. The lowest BCUT2D eigenvalue weighted by Gasteiger charge is -2.29. The van der Waals surface area contributed by atoms with Gasteiger partial charge in [-0.1, -0.05) is 13.3 Å². The SMILES string of the molecule is CCCC1NC(=O)CCN(C(C)CS(C)(=O)=O)C1=O. The number of nitrogens with zero attached hydrogens (tertiary/aromatic N) is 1. The first-order valence-corrected chi connectivity index (χ1v) is 8.58. The van der Waals surface area contributed by atoms with Gasteiger partial charge >= 0.3 is 0 Å². The van der Waals surface area contributed by atoms with Crippen LogP contribution in [0.15, 0.2) is 0 Å². The van der Waals surface area contributed by atoms with Crippen LogP contribution in [0.2, 0.25) is 0 Å². The molecule has 7 heteroatoms. The smallest absolute Gasteiger partial charge is 0.245 e. The molecule has 0 aromatic rings. The van der Waals surface area contributed by atoms with Crippen LogP contribution in [0.25, 0.3) is 0 Å². The summed E-state index contributed by atoms with van der Waals surface area (Å²) in [6.45, 7) is 3.92. The molecule has 2 unspecified atom stereocenters. The van der Waals surface area contributed by atoms with Crippen molar-refractivity contribution in [3.05, 3.63) is 0 Å². The Morgan fingerprint density at radius 1 is 1.42 bits per heavy atom. The van der Waals surface area contributed by atoms with E-state index in [1.165, 1.54) is 4.90 Å². The number of sulfone groups is 1. The van der Waals surface area contributed by atoms with Crippen LogP contribution in [0.4, 0.5) is 0 Å². The molecule has 1 rings (SSSR count). The third-order valence-electron chi connectivity index (χ3n) is 3.15. The average molecular weight is 290 g/mol. The molecule has 1 aliphatic heterocycles. The van der Waals surface area contributed by atoms with E-state index in [0.29, 0.717) is 6.42 Å². The molecule has 0 spiro atoms. The van der Waals surface area contributed by atoms with E-state index in [1.54, 1.807) is 6.92 Å². The standard InChI is InChI=1S/C12H22N2O4S/c1-4-5-10-12(16)14(7-6-11(15)13-10)9(2)8-19(3,17)18/h9-10H,4-8H2,1-3H3,(H,13,15). The number of hydrogen-bond acceptors (Lipinski definition) is 4. The van der Waals surface area contributed by atoms with Crippen molar-refractivity contribution in [3.63, 3.8) is 0 Å². The summed E-state index contributed by atoms with van der Waals surface area (Å²) in [7, 11) is -3.15. The lowest BCUT2D eigenvalue weighted by Crippen LogP contribution is -2.49. The molecule has 2 atom stereocenters. The number of hydrogen-bond donors (Lipinski definition) is 1. The molecule has 1 fully saturated rings. The highest BCUT2D eigenvalue weighted by Gasteiger charge is 2.32. The Balaban J connectivity index is 2.86. The molecule has 1 saturated heterocycles. The summed E-state index contributed by atoms with van der Waals surface area (Å²) in [6, 6.07) is -0.934. The van der Waals surface area contributed by atoms with Crippen molar-refractivity contribution in [2.45, 2.75) is 45.2 Å². The minimum atomic E-state index is -3.15. The Hall–Kier alpha value is -1.11. The van der Waals surface area contributed by atoms with Crippen molar-refractivity contribution in [2.75, 3.05) is 18.6 Å². The van der Waals surface area contributed by atoms with Gasteiger partial charge in [-0.2, -0.15) is 0 Å². The molecular weight excluding hydrogens is 268 g/mol. The third-order valence-corrected chi connectivity index (χ3v) is 4.24. The molecule has 0 aromatic heterocycles. The fraction of sp³-hybridized carbons (Fsp3) is 0.833. The summed E-state index contributed by atoms with van der Waals surface area (Å²) in [6.07, 6.45) is 2.73. The normalized spacial score (nSPS) is 22.9. The summed E-state index contributed by atoms with van der Waals surface area (Å²) in [5.74, 6) is -0.407. The summed E-state index contributed by atoms with van der Waals surface area (Å²) in [4.78, 5) is 25.4. The van der Waals surface area contributed by atoms with Crippen LogP contribution in [-0.4, -0.2) is 55.8 Å². The molecule has 0 radical (unpaired) electrons. The second-order valence-corrected chi connectivity index (χ2v) is 7.32. The lowest BCUT2D eigenvalue weighted by molar-refractivity contribution is -0.135. The Morgan fingerprint density at radius 3 is 2.58 bits per heavy atom. The number of carbonyl (C=O) groups excluding carboxylic acids is 2. The van der Waals surface area contributed by atoms with E-state index in [2.05, 4.69) is 5.32 Å². The molecule has 1 N–H and O–H groups in total. The summed E-state index contributed by atoms with van der Waals surface area (Å²) < 4.78 is 22.7. The first-order valence-electron chi connectivity index (χ1n) is 6.52. The van der Waals surface area contributed by atoms with E-state index in [9.17, 15) is 18.0 Å². The predicted octanol–water partition coefficient (Wildman–Crippen LogP) is -0.0633. The molecule has 1 heterocycles. The summed E-state index contributed by atoms with van der Waals surface area (Å²) in [5, 5.41) is 2.70. The van der Waals surface area contributed by atoms with Gasteiger partial charge in [-0.3, -0.25) is 9.59 Å². The molecule has 0 aromatic carbocycles. The number of amides is 2.